The molecule has 1 atom stereocenters. The second-order valence-corrected chi connectivity index (χ2v) is 10.3. The molecule has 0 unspecified atom stereocenters. The van der Waals surface area contributed by atoms with Crippen molar-refractivity contribution >= 4 is 71.2 Å². The van der Waals surface area contributed by atoms with Crippen LogP contribution in [-0.2, 0) is 4.79 Å². The first kappa shape index (κ1) is 13.7. The summed E-state index contributed by atoms with van der Waals surface area (Å²) in [5.74, 6) is -0.0851. The van der Waals surface area contributed by atoms with Gasteiger partial charge in [-0.2, -0.15) is 5.10 Å². The molecule has 1 aromatic heterocycles. The minimum Gasteiger partial charge on any atom is -0.272 e. The van der Waals surface area contributed by atoms with Crippen molar-refractivity contribution in [3.63, 3.8) is 0 Å². The highest BCUT2D eigenvalue weighted by Gasteiger charge is 2.66. The number of nitrogens with zero attached hydrogens (tertiary/aromatic N) is 1. The van der Waals surface area contributed by atoms with E-state index in [2.05, 4.69) is 58.3 Å². The lowest BCUT2D eigenvalue weighted by atomic mass is 10.1. The van der Waals surface area contributed by atoms with Gasteiger partial charge in [0.05, 0.1) is 18.6 Å². The molecular weight excluding hydrogens is 436 g/mol. The van der Waals surface area contributed by atoms with E-state index in [1.807, 2.05) is 19.1 Å². The molecule has 0 aromatic carbocycles. The zero-order chi connectivity index (χ0) is 12.7. The Labute approximate surface area is 128 Å². The van der Waals surface area contributed by atoms with Crippen molar-refractivity contribution in [1.82, 2.24) is 5.43 Å². The first-order valence-corrected chi connectivity index (χ1v) is 8.01. The van der Waals surface area contributed by atoms with Crippen LogP contribution >= 0.6 is 59.1 Å². The van der Waals surface area contributed by atoms with Gasteiger partial charge in [-0.1, -0.05) is 31.9 Å². The Morgan fingerprint density at radius 3 is 2.71 bits per heavy atom. The van der Waals surface area contributed by atoms with E-state index in [9.17, 15) is 4.79 Å². The van der Waals surface area contributed by atoms with Crippen molar-refractivity contribution in [2.75, 3.05) is 0 Å². The van der Waals surface area contributed by atoms with Crippen LogP contribution in [0.15, 0.2) is 21.0 Å². The fourth-order valence-electron chi connectivity index (χ4n) is 1.32. The maximum absolute atomic E-state index is 11.8. The molecule has 1 fully saturated rings. The minimum atomic E-state index is -0.430. The molecule has 1 aromatic rings. The number of rotatable bonds is 3. The van der Waals surface area contributed by atoms with E-state index in [4.69, 9.17) is 0 Å². The van der Waals surface area contributed by atoms with E-state index < -0.39 is 5.41 Å². The van der Waals surface area contributed by atoms with Gasteiger partial charge in [0.25, 0.3) is 0 Å². The number of alkyl halides is 2. The van der Waals surface area contributed by atoms with Gasteiger partial charge in [-0.25, -0.2) is 5.43 Å². The predicted octanol–water partition coefficient (Wildman–Crippen LogP) is 3.86. The number of hydrogen-bond donors (Lipinski definition) is 1. The van der Waals surface area contributed by atoms with Crippen LogP contribution in [0.1, 0.15) is 18.2 Å². The summed E-state index contributed by atoms with van der Waals surface area (Å²) in [6.45, 7) is 1.89. The lowest BCUT2D eigenvalue weighted by Crippen LogP contribution is -2.29. The summed E-state index contributed by atoms with van der Waals surface area (Å²) in [6, 6.07) is 3.88. The first-order valence-electron chi connectivity index (χ1n) is 4.82. The van der Waals surface area contributed by atoms with Crippen LogP contribution in [0.3, 0.4) is 0 Å². The van der Waals surface area contributed by atoms with E-state index in [1.54, 1.807) is 17.6 Å². The van der Waals surface area contributed by atoms with Gasteiger partial charge < -0.3 is 0 Å². The minimum absolute atomic E-state index is 0.0851. The van der Waals surface area contributed by atoms with Gasteiger partial charge in [-0.05, 0) is 41.4 Å². The summed E-state index contributed by atoms with van der Waals surface area (Å²) in [4.78, 5) is 12.8. The molecule has 17 heavy (non-hydrogen) atoms. The molecule has 1 N–H and O–H groups in total. The SMILES string of the molecule is C[C@@]1(C(=O)N/N=C\c2ccc(Br)s2)CC1(Br)Br. The highest BCUT2D eigenvalue weighted by molar-refractivity contribution is 9.25. The van der Waals surface area contributed by atoms with Crippen LogP contribution in [0, 0.1) is 5.41 Å². The Hall–Kier alpha value is 0.280. The number of hydrazone groups is 1. The van der Waals surface area contributed by atoms with Gasteiger partial charge in [0.2, 0.25) is 5.91 Å². The Morgan fingerprint density at radius 2 is 2.24 bits per heavy atom. The fraction of sp³-hybridized carbons (Fsp3) is 0.400. The van der Waals surface area contributed by atoms with Crippen LogP contribution < -0.4 is 5.43 Å². The molecule has 7 heteroatoms. The summed E-state index contributed by atoms with van der Waals surface area (Å²) in [5.41, 5.74) is 2.13. The smallest absolute Gasteiger partial charge is 0.248 e. The second kappa shape index (κ2) is 4.75. The molecule has 1 aliphatic carbocycles. The Morgan fingerprint density at radius 1 is 1.59 bits per heavy atom. The Balaban J connectivity index is 1.91. The molecular formula is C10H9Br3N2OS. The molecule has 3 nitrogen and oxygen atoms in total. The van der Waals surface area contributed by atoms with Gasteiger partial charge in [-0.3, -0.25) is 4.79 Å². The number of carbonyl (C=O) groups is 1. The summed E-state index contributed by atoms with van der Waals surface area (Å²) in [7, 11) is 0. The van der Waals surface area contributed by atoms with E-state index in [-0.39, 0.29) is 9.14 Å². The molecule has 1 heterocycles. The van der Waals surface area contributed by atoms with Crippen LogP contribution in [-0.4, -0.2) is 15.4 Å². The average molecular weight is 445 g/mol. The Kier molecular flexibility index (Phi) is 3.83. The summed E-state index contributed by atoms with van der Waals surface area (Å²) >= 11 is 11.8. The molecule has 1 saturated carbocycles. The highest BCUT2D eigenvalue weighted by atomic mass is 79.9. The lowest BCUT2D eigenvalue weighted by molar-refractivity contribution is -0.125. The molecule has 0 bridgehead atoms. The molecule has 1 aliphatic rings. The number of amides is 1. The molecule has 0 saturated heterocycles. The van der Waals surface area contributed by atoms with Gasteiger partial charge in [-0.15, -0.1) is 11.3 Å². The normalized spacial score (nSPS) is 26.1. The molecule has 0 spiro atoms. The predicted molar refractivity (Wildman–Crippen MR) is 81.1 cm³/mol. The number of nitrogens with one attached hydrogen (secondary N) is 1. The zero-order valence-corrected chi connectivity index (χ0v) is 14.4. The number of hydrogen-bond acceptors (Lipinski definition) is 3. The fourth-order valence-corrected chi connectivity index (χ4v) is 4.10. The zero-order valence-electron chi connectivity index (χ0n) is 8.84. The number of thiophene rings is 1. The van der Waals surface area contributed by atoms with E-state index >= 15 is 0 Å². The topological polar surface area (TPSA) is 41.5 Å². The van der Waals surface area contributed by atoms with Crippen LogP contribution in [0.4, 0.5) is 0 Å². The van der Waals surface area contributed by atoms with Gasteiger partial charge in [0.15, 0.2) is 0 Å². The van der Waals surface area contributed by atoms with E-state index in [0.29, 0.717) is 0 Å². The summed E-state index contributed by atoms with van der Waals surface area (Å²) < 4.78 is 0.762. The van der Waals surface area contributed by atoms with Gasteiger partial charge in [0.1, 0.15) is 0 Å². The van der Waals surface area contributed by atoms with Crippen LogP contribution in [0.25, 0.3) is 0 Å². The van der Waals surface area contributed by atoms with Crippen molar-refractivity contribution < 1.29 is 4.79 Å². The molecule has 2 rings (SSSR count). The third-order valence-corrected chi connectivity index (χ3v) is 6.58. The molecule has 92 valence electrons. The standard InChI is InChI=1S/C10H9Br3N2OS/c1-9(5-10(9,12)13)8(16)15-14-4-6-2-3-7(11)17-6/h2-4H,5H2,1H3,(H,15,16)/b14-4-/t9-/m0/s1. The van der Waals surface area contributed by atoms with Crippen LogP contribution in [0.2, 0.25) is 0 Å². The largest absolute Gasteiger partial charge is 0.272 e. The lowest BCUT2D eigenvalue weighted by Gasteiger charge is -2.09. The third kappa shape index (κ3) is 2.83. The van der Waals surface area contributed by atoms with Crippen molar-refractivity contribution in [2.45, 2.75) is 16.6 Å². The van der Waals surface area contributed by atoms with Gasteiger partial charge in [0, 0.05) is 4.88 Å². The van der Waals surface area contributed by atoms with Crippen LogP contribution in [0.5, 0.6) is 0 Å². The van der Waals surface area contributed by atoms with E-state index in [1.165, 1.54) is 0 Å². The molecule has 0 radical (unpaired) electrons. The maximum Gasteiger partial charge on any atom is 0.248 e. The summed E-state index contributed by atoms with van der Waals surface area (Å²) in [5, 5.41) is 3.95. The van der Waals surface area contributed by atoms with Crippen molar-refractivity contribution in [3.8, 4) is 0 Å². The highest BCUT2D eigenvalue weighted by Crippen LogP contribution is 2.66. The Bertz CT molecular complexity index is 486. The third-order valence-electron chi connectivity index (χ3n) is 2.71. The van der Waals surface area contributed by atoms with Crippen molar-refractivity contribution in [1.29, 1.82) is 0 Å². The van der Waals surface area contributed by atoms with E-state index in [0.717, 1.165) is 15.1 Å². The first-order chi connectivity index (χ1) is 7.85. The second-order valence-electron chi connectivity index (χ2n) is 4.05. The monoisotopic (exact) mass is 442 g/mol. The molecule has 0 aliphatic heterocycles. The molecule has 1 amide bonds. The average Bonchev–Trinajstić information content (AvgIpc) is 2.58. The van der Waals surface area contributed by atoms with Gasteiger partial charge >= 0.3 is 0 Å². The quantitative estimate of drug-likeness (QED) is 0.429. The maximum atomic E-state index is 11.8. The van der Waals surface area contributed by atoms with Crippen molar-refractivity contribution in [3.05, 3.63) is 20.8 Å². The number of halogens is 3. The summed E-state index contributed by atoms with van der Waals surface area (Å²) in [6.07, 6.45) is 2.40. The van der Waals surface area contributed by atoms with Crippen molar-refractivity contribution in [2.24, 2.45) is 10.5 Å². The number of carbonyl (C=O) groups excluding carboxylic acids is 1.